The zero-order chi connectivity index (χ0) is 13.2. The summed E-state index contributed by atoms with van der Waals surface area (Å²) in [7, 11) is 0. The Morgan fingerprint density at radius 2 is 2.06 bits per heavy atom. The Morgan fingerprint density at radius 1 is 1.39 bits per heavy atom. The van der Waals surface area contributed by atoms with Crippen molar-refractivity contribution in [3.05, 3.63) is 11.7 Å². The fourth-order valence-corrected chi connectivity index (χ4v) is 2.46. The maximum Gasteiger partial charge on any atom is 0.234 e. The van der Waals surface area contributed by atoms with Gasteiger partial charge < -0.3 is 4.52 Å². The summed E-state index contributed by atoms with van der Waals surface area (Å²) in [5, 5.41) is 4.04. The van der Waals surface area contributed by atoms with Crippen LogP contribution in [-0.4, -0.2) is 15.9 Å². The van der Waals surface area contributed by atoms with Gasteiger partial charge in [-0.1, -0.05) is 25.9 Å². The maximum atomic E-state index is 11.3. The summed E-state index contributed by atoms with van der Waals surface area (Å²) in [5.74, 6) is 1.83. The first-order valence-corrected chi connectivity index (χ1v) is 6.84. The lowest BCUT2D eigenvalue weighted by Gasteiger charge is -2.32. The first kappa shape index (κ1) is 13.2. The first-order chi connectivity index (χ1) is 8.50. The highest BCUT2D eigenvalue weighted by atomic mass is 16.5. The molecular weight excluding hydrogens is 228 g/mol. The van der Waals surface area contributed by atoms with Gasteiger partial charge in [0, 0.05) is 12.3 Å². The van der Waals surface area contributed by atoms with Crippen LogP contribution in [0.2, 0.25) is 0 Å². The average molecular weight is 250 g/mol. The largest absolute Gasteiger partial charge is 0.339 e. The predicted octanol–water partition coefficient (Wildman–Crippen LogP) is 3.28. The molecule has 0 radical (unpaired) electrons. The maximum absolute atomic E-state index is 11.3. The van der Waals surface area contributed by atoms with Crippen LogP contribution in [0.3, 0.4) is 0 Å². The summed E-state index contributed by atoms with van der Waals surface area (Å²) in [6.07, 6.45) is 5.45. The molecule has 1 aliphatic rings. The molecule has 4 heteroatoms. The molecule has 1 aromatic rings. The number of aromatic nitrogens is 2. The standard InChI is InChI=1S/C14H22N2O2/c1-4-11(17)9-12-15-13(16-18-12)10-5-7-14(2,3)8-6-10/h10H,4-9H2,1-3H3. The van der Waals surface area contributed by atoms with E-state index in [1.165, 1.54) is 12.8 Å². The van der Waals surface area contributed by atoms with E-state index in [9.17, 15) is 4.79 Å². The molecule has 1 aromatic heterocycles. The number of Topliss-reactive ketones (excluding diaryl/α,β-unsaturated/α-hetero) is 1. The second-order valence-corrected chi connectivity index (χ2v) is 6.05. The second kappa shape index (κ2) is 5.21. The zero-order valence-electron chi connectivity index (χ0n) is 11.5. The third-order valence-electron chi connectivity index (χ3n) is 3.93. The molecule has 0 unspecified atom stereocenters. The Kier molecular flexibility index (Phi) is 3.83. The van der Waals surface area contributed by atoms with Crippen molar-refractivity contribution in [3.63, 3.8) is 0 Å². The Hall–Kier alpha value is -1.19. The van der Waals surface area contributed by atoms with Crippen molar-refractivity contribution < 1.29 is 9.32 Å². The second-order valence-electron chi connectivity index (χ2n) is 6.05. The van der Waals surface area contributed by atoms with Crippen LogP contribution in [0, 0.1) is 5.41 Å². The smallest absolute Gasteiger partial charge is 0.234 e. The molecule has 0 bridgehead atoms. The van der Waals surface area contributed by atoms with Crippen molar-refractivity contribution >= 4 is 5.78 Å². The third kappa shape index (κ3) is 3.18. The van der Waals surface area contributed by atoms with Crippen LogP contribution < -0.4 is 0 Å². The molecule has 4 nitrogen and oxygen atoms in total. The number of carbonyl (C=O) groups excluding carboxylic acids is 1. The average Bonchev–Trinajstić information content (AvgIpc) is 2.77. The molecule has 0 spiro atoms. The van der Waals surface area contributed by atoms with Crippen LogP contribution in [0.15, 0.2) is 4.52 Å². The van der Waals surface area contributed by atoms with Crippen molar-refractivity contribution in [1.82, 2.24) is 10.1 Å². The normalized spacial score (nSPS) is 19.9. The lowest BCUT2D eigenvalue weighted by atomic mass is 9.73. The van der Waals surface area contributed by atoms with Crippen molar-refractivity contribution in [2.45, 2.75) is 65.2 Å². The summed E-state index contributed by atoms with van der Waals surface area (Å²) >= 11 is 0. The van der Waals surface area contributed by atoms with E-state index in [0.717, 1.165) is 18.7 Å². The first-order valence-electron chi connectivity index (χ1n) is 6.84. The molecule has 0 amide bonds. The van der Waals surface area contributed by atoms with E-state index in [4.69, 9.17) is 4.52 Å². The number of rotatable bonds is 4. The van der Waals surface area contributed by atoms with Gasteiger partial charge in [-0.25, -0.2) is 0 Å². The van der Waals surface area contributed by atoms with E-state index < -0.39 is 0 Å². The minimum atomic E-state index is 0.148. The fourth-order valence-electron chi connectivity index (χ4n) is 2.46. The molecule has 0 aromatic carbocycles. The van der Waals surface area contributed by atoms with Gasteiger partial charge in [-0.2, -0.15) is 4.98 Å². The van der Waals surface area contributed by atoms with Gasteiger partial charge in [0.15, 0.2) is 5.82 Å². The quantitative estimate of drug-likeness (QED) is 0.823. The summed E-state index contributed by atoms with van der Waals surface area (Å²) < 4.78 is 5.16. The fraction of sp³-hybridized carbons (Fsp3) is 0.786. The molecule has 1 fully saturated rings. The molecule has 0 atom stereocenters. The van der Waals surface area contributed by atoms with E-state index >= 15 is 0 Å². The molecule has 0 aliphatic heterocycles. The Labute approximate surface area is 108 Å². The highest BCUT2D eigenvalue weighted by molar-refractivity contribution is 5.79. The van der Waals surface area contributed by atoms with Crippen LogP contribution >= 0.6 is 0 Å². The van der Waals surface area contributed by atoms with Gasteiger partial charge >= 0.3 is 0 Å². The van der Waals surface area contributed by atoms with E-state index in [1.807, 2.05) is 6.92 Å². The van der Waals surface area contributed by atoms with E-state index in [0.29, 0.717) is 23.6 Å². The molecule has 100 valence electrons. The van der Waals surface area contributed by atoms with Crippen LogP contribution in [0.4, 0.5) is 0 Å². The van der Waals surface area contributed by atoms with Gasteiger partial charge in [0.05, 0.1) is 6.42 Å². The summed E-state index contributed by atoms with van der Waals surface area (Å²) in [4.78, 5) is 15.7. The molecule has 1 heterocycles. The Bertz CT molecular complexity index is 413. The van der Waals surface area contributed by atoms with E-state index in [1.54, 1.807) is 0 Å². The topological polar surface area (TPSA) is 56.0 Å². The SMILES string of the molecule is CCC(=O)Cc1nc(C2CCC(C)(C)CC2)no1. The predicted molar refractivity (Wildman–Crippen MR) is 68.3 cm³/mol. The van der Waals surface area contributed by atoms with Crippen molar-refractivity contribution in [3.8, 4) is 0 Å². The van der Waals surface area contributed by atoms with Gasteiger partial charge in [0.25, 0.3) is 0 Å². The highest BCUT2D eigenvalue weighted by Gasteiger charge is 2.30. The highest BCUT2D eigenvalue weighted by Crippen LogP contribution is 2.41. The van der Waals surface area contributed by atoms with Gasteiger partial charge in [-0.05, 0) is 31.1 Å². The molecular formula is C14H22N2O2. The Morgan fingerprint density at radius 3 is 2.67 bits per heavy atom. The van der Waals surface area contributed by atoms with Crippen LogP contribution in [0.5, 0.6) is 0 Å². The van der Waals surface area contributed by atoms with Crippen LogP contribution in [0.1, 0.15) is 70.5 Å². The monoisotopic (exact) mass is 250 g/mol. The minimum absolute atomic E-state index is 0.148. The zero-order valence-corrected chi connectivity index (χ0v) is 11.5. The van der Waals surface area contributed by atoms with Crippen molar-refractivity contribution in [2.24, 2.45) is 5.41 Å². The number of hydrogen-bond donors (Lipinski definition) is 0. The Balaban J connectivity index is 1.96. The molecule has 0 saturated heterocycles. The molecule has 1 saturated carbocycles. The molecule has 18 heavy (non-hydrogen) atoms. The lowest BCUT2D eigenvalue weighted by molar-refractivity contribution is -0.118. The van der Waals surface area contributed by atoms with Crippen molar-refractivity contribution in [2.75, 3.05) is 0 Å². The number of hydrogen-bond acceptors (Lipinski definition) is 4. The van der Waals surface area contributed by atoms with Gasteiger partial charge in [0.1, 0.15) is 5.78 Å². The van der Waals surface area contributed by atoms with Crippen LogP contribution in [0.25, 0.3) is 0 Å². The van der Waals surface area contributed by atoms with Crippen molar-refractivity contribution in [1.29, 1.82) is 0 Å². The van der Waals surface area contributed by atoms with Gasteiger partial charge in [-0.15, -0.1) is 0 Å². The molecule has 0 N–H and O–H groups in total. The minimum Gasteiger partial charge on any atom is -0.339 e. The summed E-state index contributed by atoms with van der Waals surface area (Å²) in [6.45, 7) is 6.47. The van der Waals surface area contributed by atoms with Crippen LogP contribution in [-0.2, 0) is 11.2 Å². The van der Waals surface area contributed by atoms with E-state index in [-0.39, 0.29) is 12.2 Å². The number of carbonyl (C=O) groups is 1. The van der Waals surface area contributed by atoms with Gasteiger partial charge in [-0.3, -0.25) is 4.79 Å². The third-order valence-corrected chi connectivity index (χ3v) is 3.93. The summed E-state index contributed by atoms with van der Waals surface area (Å²) in [6, 6.07) is 0. The lowest BCUT2D eigenvalue weighted by Crippen LogP contribution is -2.20. The summed E-state index contributed by atoms with van der Waals surface area (Å²) in [5.41, 5.74) is 0.446. The number of ketones is 1. The molecule has 2 rings (SSSR count). The molecule has 1 aliphatic carbocycles. The van der Waals surface area contributed by atoms with E-state index in [2.05, 4.69) is 24.0 Å². The number of nitrogens with zero attached hydrogens (tertiary/aromatic N) is 2. The van der Waals surface area contributed by atoms with Gasteiger partial charge in [0.2, 0.25) is 5.89 Å².